The minimum Gasteiger partial charge on any atom is -0.335 e. The van der Waals surface area contributed by atoms with Gasteiger partial charge in [0.2, 0.25) is 0 Å². The molecule has 0 radical (unpaired) electrons. The third-order valence-electron chi connectivity index (χ3n) is 4.49. The van der Waals surface area contributed by atoms with Crippen molar-refractivity contribution in [2.24, 2.45) is 0 Å². The Morgan fingerprint density at radius 1 is 1.04 bits per heavy atom. The minimum absolute atomic E-state index is 0.0781. The van der Waals surface area contributed by atoms with E-state index in [1.54, 1.807) is 4.90 Å². The Morgan fingerprint density at radius 2 is 1.67 bits per heavy atom. The SMILES string of the molecule is CCN(C(=O)c1ccc(-c2ccccc2)cc1)C1CCS(=O)(=O)C1. The van der Waals surface area contributed by atoms with Crippen LogP contribution in [0.4, 0.5) is 0 Å². The number of benzene rings is 2. The molecule has 0 aliphatic carbocycles. The summed E-state index contributed by atoms with van der Waals surface area (Å²) in [5, 5.41) is 0. The zero-order valence-corrected chi connectivity index (χ0v) is 14.5. The van der Waals surface area contributed by atoms with E-state index in [0.29, 0.717) is 18.5 Å². The van der Waals surface area contributed by atoms with Crippen molar-refractivity contribution in [3.05, 3.63) is 60.2 Å². The predicted molar refractivity (Wildman–Crippen MR) is 95.6 cm³/mol. The molecule has 1 fully saturated rings. The van der Waals surface area contributed by atoms with Crippen LogP contribution in [-0.2, 0) is 9.84 Å². The van der Waals surface area contributed by atoms with Gasteiger partial charge in [-0.05, 0) is 36.6 Å². The van der Waals surface area contributed by atoms with Crippen LogP contribution in [0.1, 0.15) is 23.7 Å². The largest absolute Gasteiger partial charge is 0.335 e. The molecule has 0 spiro atoms. The topological polar surface area (TPSA) is 54.5 Å². The molecule has 1 heterocycles. The molecular weight excluding hydrogens is 322 g/mol. The Morgan fingerprint density at radius 3 is 2.21 bits per heavy atom. The molecule has 1 saturated heterocycles. The number of carbonyl (C=O) groups is 1. The van der Waals surface area contributed by atoms with Gasteiger partial charge in [0.05, 0.1) is 11.5 Å². The molecule has 1 aliphatic heterocycles. The van der Waals surface area contributed by atoms with Crippen LogP contribution in [0.25, 0.3) is 11.1 Å². The van der Waals surface area contributed by atoms with Crippen molar-refractivity contribution in [1.82, 2.24) is 4.90 Å². The van der Waals surface area contributed by atoms with Crippen molar-refractivity contribution < 1.29 is 13.2 Å². The summed E-state index contributed by atoms with van der Waals surface area (Å²) >= 11 is 0. The number of hydrogen-bond acceptors (Lipinski definition) is 3. The van der Waals surface area contributed by atoms with Gasteiger partial charge in [-0.3, -0.25) is 4.79 Å². The average Bonchev–Trinajstić information content (AvgIpc) is 2.96. The maximum atomic E-state index is 12.8. The Balaban J connectivity index is 1.79. The summed E-state index contributed by atoms with van der Waals surface area (Å²) < 4.78 is 23.4. The first-order valence-corrected chi connectivity index (χ1v) is 9.99. The molecule has 0 saturated carbocycles. The van der Waals surface area contributed by atoms with Gasteiger partial charge in [0.1, 0.15) is 0 Å². The normalized spacial score (nSPS) is 19.1. The fraction of sp³-hybridized carbons (Fsp3) is 0.316. The summed E-state index contributed by atoms with van der Waals surface area (Å²) in [6, 6.07) is 17.3. The first-order valence-electron chi connectivity index (χ1n) is 8.17. The highest BCUT2D eigenvalue weighted by atomic mass is 32.2. The second kappa shape index (κ2) is 6.77. The molecule has 126 valence electrons. The molecular formula is C19H21NO3S. The highest BCUT2D eigenvalue weighted by Gasteiger charge is 2.34. The Bertz CT molecular complexity index is 813. The summed E-state index contributed by atoms with van der Waals surface area (Å²) in [7, 11) is -3.00. The fourth-order valence-electron chi connectivity index (χ4n) is 3.19. The summed E-state index contributed by atoms with van der Waals surface area (Å²) in [5.74, 6) is 0.155. The van der Waals surface area contributed by atoms with Gasteiger partial charge in [0.15, 0.2) is 9.84 Å². The second-order valence-electron chi connectivity index (χ2n) is 6.09. The molecule has 2 aromatic rings. The summed E-state index contributed by atoms with van der Waals surface area (Å²) in [5.41, 5.74) is 2.75. The van der Waals surface area contributed by atoms with Gasteiger partial charge < -0.3 is 4.90 Å². The first-order chi connectivity index (χ1) is 11.5. The molecule has 1 unspecified atom stereocenters. The van der Waals surface area contributed by atoms with E-state index in [1.165, 1.54) is 0 Å². The van der Waals surface area contributed by atoms with Gasteiger partial charge in [-0.1, -0.05) is 42.5 Å². The van der Waals surface area contributed by atoms with E-state index in [1.807, 2.05) is 61.5 Å². The number of amides is 1. The molecule has 3 rings (SSSR count). The smallest absolute Gasteiger partial charge is 0.254 e. The van der Waals surface area contributed by atoms with E-state index in [0.717, 1.165) is 11.1 Å². The van der Waals surface area contributed by atoms with E-state index in [9.17, 15) is 13.2 Å². The molecule has 0 N–H and O–H groups in total. The first kappa shape index (κ1) is 16.7. The number of rotatable bonds is 4. The Labute approximate surface area is 143 Å². The molecule has 2 aromatic carbocycles. The van der Waals surface area contributed by atoms with E-state index in [4.69, 9.17) is 0 Å². The van der Waals surface area contributed by atoms with Gasteiger partial charge in [-0.2, -0.15) is 0 Å². The van der Waals surface area contributed by atoms with Crippen LogP contribution in [-0.4, -0.2) is 43.3 Å². The van der Waals surface area contributed by atoms with Crippen molar-refractivity contribution in [3.8, 4) is 11.1 Å². The maximum absolute atomic E-state index is 12.8. The summed E-state index contributed by atoms with van der Waals surface area (Å²) in [4.78, 5) is 14.4. The standard InChI is InChI=1S/C19H21NO3S/c1-2-20(18-12-13-24(22,23)14-18)19(21)17-10-8-16(9-11-17)15-6-4-3-5-7-15/h3-11,18H,2,12-14H2,1H3. The zero-order chi connectivity index (χ0) is 17.2. The third kappa shape index (κ3) is 3.51. The van der Waals surface area contributed by atoms with Gasteiger partial charge >= 0.3 is 0 Å². The second-order valence-corrected chi connectivity index (χ2v) is 8.32. The average molecular weight is 343 g/mol. The van der Waals surface area contributed by atoms with Crippen LogP contribution < -0.4 is 0 Å². The molecule has 1 amide bonds. The monoisotopic (exact) mass is 343 g/mol. The lowest BCUT2D eigenvalue weighted by Crippen LogP contribution is -2.40. The lowest BCUT2D eigenvalue weighted by atomic mass is 10.0. The van der Waals surface area contributed by atoms with Crippen LogP contribution in [0, 0.1) is 0 Å². The van der Waals surface area contributed by atoms with Crippen molar-refractivity contribution in [2.75, 3.05) is 18.1 Å². The number of nitrogens with zero attached hydrogens (tertiary/aromatic N) is 1. The van der Waals surface area contributed by atoms with Gasteiger partial charge in [-0.15, -0.1) is 0 Å². The molecule has 24 heavy (non-hydrogen) atoms. The van der Waals surface area contributed by atoms with Crippen LogP contribution in [0.15, 0.2) is 54.6 Å². The van der Waals surface area contributed by atoms with Crippen LogP contribution >= 0.6 is 0 Å². The van der Waals surface area contributed by atoms with Crippen molar-refractivity contribution in [3.63, 3.8) is 0 Å². The number of carbonyl (C=O) groups excluding carboxylic acids is 1. The van der Waals surface area contributed by atoms with E-state index in [-0.39, 0.29) is 23.5 Å². The quantitative estimate of drug-likeness (QED) is 0.857. The lowest BCUT2D eigenvalue weighted by molar-refractivity contribution is 0.0708. The summed E-state index contributed by atoms with van der Waals surface area (Å²) in [6.45, 7) is 2.40. The molecule has 1 atom stereocenters. The third-order valence-corrected chi connectivity index (χ3v) is 6.24. The number of hydrogen-bond donors (Lipinski definition) is 0. The molecule has 5 heteroatoms. The minimum atomic E-state index is -3.00. The van der Waals surface area contributed by atoms with E-state index < -0.39 is 9.84 Å². The molecule has 0 bridgehead atoms. The fourth-order valence-corrected chi connectivity index (χ4v) is 4.92. The highest BCUT2D eigenvalue weighted by Crippen LogP contribution is 2.22. The Hall–Kier alpha value is -2.14. The zero-order valence-electron chi connectivity index (χ0n) is 13.7. The van der Waals surface area contributed by atoms with Crippen molar-refractivity contribution in [1.29, 1.82) is 0 Å². The van der Waals surface area contributed by atoms with E-state index >= 15 is 0 Å². The van der Waals surface area contributed by atoms with Gasteiger partial charge in [-0.25, -0.2) is 8.42 Å². The summed E-state index contributed by atoms with van der Waals surface area (Å²) in [6.07, 6.45) is 0.532. The van der Waals surface area contributed by atoms with Crippen LogP contribution in [0.2, 0.25) is 0 Å². The lowest BCUT2D eigenvalue weighted by Gasteiger charge is -2.27. The van der Waals surface area contributed by atoms with E-state index in [2.05, 4.69) is 0 Å². The van der Waals surface area contributed by atoms with Crippen LogP contribution in [0.5, 0.6) is 0 Å². The number of sulfone groups is 1. The van der Waals surface area contributed by atoms with Crippen LogP contribution in [0.3, 0.4) is 0 Å². The van der Waals surface area contributed by atoms with Crippen molar-refractivity contribution in [2.45, 2.75) is 19.4 Å². The highest BCUT2D eigenvalue weighted by molar-refractivity contribution is 7.91. The van der Waals surface area contributed by atoms with Gasteiger partial charge in [0.25, 0.3) is 5.91 Å². The predicted octanol–water partition coefficient (Wildman–Crippen LogP) is 3.00. The maximum Gasteiger partial charge on any atom is 0.254 e. The van der Waals surface area contributed by atoms with Gasteiger partial charge in [0, 0.05) is 18.2 Å². The molecule has 0 aromatic heterocycles. The molecule has 4 nitrogen and oxygen atoms in total. The molecule has 1 aliphatic rings. The Kier molecular flexibility index (Phi) is 4.71. The van der Waals surface area contributed by atoms with Crippen molar-refractivity contribution >= 4 is 15.7 Å².